The molecule has 2 amide bonds. The molecule has 45 heavy (non-hydrogen) atoms. The fourth-order valence-electron chi connectivity index (χ4n) is 4.75. The van der Waals surface area contributed by atoms with E-state index in [1.54, 1.807) is 51.5 Å². The van der Waals surface area contributed by atoms with Crippen molar-refractivity contribution in [3.05, 3.63) is 69.0 Å². The molecule has 0 radical (unpaired) electrons. The van der Waals surface area contributed by atoms with Crippen LogP contribution in [0.15, 0.2) is 47.8 Å². The zero-order chi connectivity index (χ0) is 31.9. The van der Waals surface area contributed by atoms with Crippen LogP contribution in [0, 0.1) is 0 Å². The van der Waals surface area contributed by atoms with Crippen LogP contribution in [0.1, 0.15) is 59.8 Å². The number of ether oxygens (including phenoxy) is 3. The molecule has 0 bridgehead atoms. The number of methoxy groups -OCH3 is 1. The summed E-state index contributed by atoms with van der Waals surface area (Å²) in [4.78, 5) is 69.5. The van der Waals surface area contributed by atoms with Gasteiger partial charge in [0.05, 0.1) is 16.4 Å². The number of hydrogen-bond acceptors (Lipinski definition) is 13. The zero-order valence-corrected chi connectivity index (χ0v) is 26.2. The summed E-state index contributed by atoms with van der Waals surface area (Å²) in [5.41, 5.74) is -0.759. The van der Waals surface area contributed by atoms with Gasteiger partial charge in [-0.1, -0.05) is 0 Å². The number of thiazole rings is 1. The van der Waals surface area contributed by atoms with Crippen LogP contribution in [-0.4, -0.2) is 55.2 Å². The van der Waals surface area contributed by atoms with Gasteiger partial charge in [-0.15, -0.1) is 22.7 Å². The van der Waals surface area contributed by atoms with E-state index in [4.69, 9.17) is 14.2 Å². The van der Waals surface area contributed by atoms with Crippen molar-refractivity contribution >= 4 is 72.5 Å². The minimum absolute atomic E-state index is 0.0540. The lowest BCUT2D eigenvalue weighted by Crippen LogP contribution is -2.32. The summed E-state index contributed by atoms with van der Waals surface area (Å²) in [5, 5.41) is 6.14. The molecule has 0 unspecified atom stereocenters. The molecule has 232 valence electrons. The van der Waals surface area contributed by atoms with E-state index >= 15 is 0 Å². The summed E-state index contributed by atoms with van der Waals surface area (Å²) in [6, 6.07) is 4.21. The first-order valence-corrected chi connectivity index (χ1v) is 15.3. The van der Waals surface area contributed by atoms with Gasteiger partial charge in [-0.3, -0.25) is 24.5 Å². The van der Waals surface area contributed by atoms with Crippen molar-refractivity contribution in [3.8, 4) is 0 Å². The average Bonchev–Trinajstić information content (AvgIpc) is 3.71. The quantitative estimate of drug-likeness (QED) is 0.231. The van der Waals surface area contributed by atoms with Crippen molar-refractivity contribution in [2.24, 2.45) is 0 Å². The van der Waals surface area contributed by atoms with Crippen molar-refractivity contribution in [1.82, 2.24) is 24.5 Å². The molecule has 6 rings (SSSR count). The van der Waals surface area contributed by atoms with Gasteiger partial charge in [0, 0.05) is 47.1 Å². The number of thiophene rings is 1. The van der Waals surface area contributed by atoms with Crippen LogP contribution in [0.25, 0.3) is 20.3 Å². The van der Waals surface area contributed by atoms with E-state index in [-0.39, 0.29) is 29.5 Å². The molecule has 2 N–H and O–H groups in total. The third-order valence-electron chi connectivity index (χ3n) is 6.69. The van der Waals surface area contributed by atoms with Gasteiger partial charge in [0.25, 0.3) is 11.5 Å². The highest BCUT2D eigenvalue weighted by atomic mass is 32.1. The number of amides is 2. The molecular formula is C29H27N7O7S2. The van der Waals surface area contributed by atoms with Crippen LogP contribution >= 0.6 is 22.7 Å². The average molecular weight is 650 g/mol. The smallest absolute Gasteiger partial charge is 0.413 e. The number of rotatable bonds is 7. The van der Waals surface area contributed by atoms with Crippen molar-refractivity contribution in [3.63, 3.8) is 0 Å². The molecule has 0 saturated heterocycles. The van der Waals surface area contributed by atoms with Crippen LogP contribution in [-0.2, 0) is 25.6 Å². The maximum Gasteiger partial charge on any atom is 0.413 e. The van der Waals surface area contributed by atoms with E-state index in [1.165, 1.54) is 29.2 Å². The van der Waals surface area contributed by atoms with E-state index in [0.717, 1.165) is 31.0 Å². The lowest BCUT2D eigenvalue weighted by Gasteiger charge is -2.19. The highest BCUT2D eigenvalue weighted by Gasteiger charge is 2.39. The van der Waals surface area contributed by atoms with E-state index in [1.807, 2.05) is 6.07 Å². The summed E-state index contributed by atoms with van der Waals surface area (Å²) in [6.45, 7) is 5.25. The van der Waals surface area contributed by atoms with Crippen molar-refractivity contribution in [1.29, 1.82) is 0 Å². The lowest BCUT2D eigenvalue weighted by atomic mass is 10.2. The fraction of sp³-hybridized carbons (Fsp3) is 0.310. The first-order chi connectivity index (χ1) is 21.5. The normalized spacial score (nSPS) is 16.0. The largest absolute Gasteiger partial charge is 0.458 e. The van der Waals surface area contributed by atoms with Gasteiger partial charge < -0.3 is 19.5 Å². The Morgan fingerprint density at radius 1 is 1.07 bits per heavy atom. The van der Waals surface area contributed by atoms with Crippen molar-refractivity contribution in [2.75, 3.05) is 17.7 Å². The number of pyridine rings is 2. The maximum atomic E-state index is 13.5. The third-order valence-corrected chi connectivity index (χ3v) is 8.76. The Kier molecular flexibility index (Phi) is 8.03. The summed E-state index contributed by atoms with van der Waals surface area (Å²) in [5.74, 6) is -0.652. The Bertz CT molecular complexity index is 1980. The van der Waals surface area contributed by atoms with Crippen molar-refractivity contribution in [2.45, 2.75) is 51.5 Å². The molecule has 0 aliphatic carbocycles. The molecule has 0 saturated carbocycles. The Labute approximate surface area is 263 Å². The zero-order valence-electron chi connectivity index (χ0n) is 24.5. The number of fused-ring (bicyclic) bond motifs is 3. The Morgan fingerprint density at radius 2 is 1.89 bits per heavy atom. The molecule has 0 aromatic carbocycles. The summed E-state index contributed by atoms with van der Waals surface area (Å²) in [6.07, 6.45) is 4.93. The van der Waals surface area contributed by atoms with Gasteiger partial charge in [-0.2, -0.15) is 0 Å². The Morgan fingerprint density at radius 3 is 2.64 bits per heavy atom. The summed E-state index contributed by atoms with van der Waals surface area (Å²) in [7, 11) is 1.46. The molecule has 16 heteroatoms. The highest BCUT2D eigenvalue weighted by molar-refractivity contribution is 7.20. The van der Waals surface area contributed by atoms with E-state index < -0.39 is 41.3 Å². The number of hydrogen-bond donors (Lipinski definition) is 2. The second-order valence-corrected chi connectivity index (χ2v) is 13.3. The molecule has 0 fully saturated rings. The fourth-order valence-corrected chi connectivity index (χ4v) is 6.57. The molecule has 1 aliphatic rings. The van der Waals surface area contributed by atoms with Crippen molar-refractivity contribution < 1.29 is 28.6 Å². The van der Waals surface area contributed by atoms with Gasteiger partial charge >= 0.3 is 12.1 Å². The van der Waals surface area contributed by atoms with Crippen LogP contribution < -0.4 is 16.2 Å². The minimum atomic E-state index is -1.02. The minimum Gasteiger partial charge on any atom is -0.458 e. The molecule has 2 atom stereocenters. The highest BCUT2D eigenvalue weighted by Crippen LogP contribution is 2.36. The Balaban J connectivity index is 1.16. The van der Waals surface area contributed by atoms with Gasteiger partial charge in [0.15, 0.2) is 5.01 Å². The van der Waals surface area contributed by atoms with Gasteiger partial charge in [-0.25, -0.2) is 24.5 Å². The first kappa shape index (κ1) is 30.2. The van der Waals surface area contributed by atoms with Crippen LogP contribution in [0.2, 0.25) is 0 Å². The molecule has 0 spiro atoms. The van der Waals surface area contributed by atoms with Gasteiger partial charge in [-0.05, 0) is 39.0 Å². The topological polar surface area (TPSA) is 177 Å². The molecule has 1 aliphatic heterocycles. The van der Waals surface area contributed by atoms with Crippen LogP contribution in [0.4, 0.5) is 16.3 Å². The molecular weight excluding hydrogens is 622 g/mol. The van der Waals surface area contributed by atoms with E-state index in [2.05, 4.69) is 30.6 Å². The molecule has 5 aromatic rings. The standard InChI is InChI=1S/C29H27N7O7S2/c1-29(2,3)43-28(40)35-22-9-20-14(10-31-22)7-15(44-20)13-42-27(39)18-8-19(41-4)23-32-11-17(26(38)36(18)23)33-24(37)25-34-16-5-6-30-12-21(16)45-25/h5-7,9-12,18-19H,8,13H2,1-4H3,(H,33,37)(H,31,35,40)/t18-,19+/m0/s1. The Hall–Kier alpha value is -4.80. The number of esters is 1. The van der Waals surface area contributed by atoms with Crippen LogP contribution in [0.3, 0.4) is 0 Å². The SMILES string of the molecule is CO[C@@H]1C[C@@H](C(=O)OCc2cc3cnc(NC(=O)OC(C)(C)C)cc3s2)n2c1ncc(NC(=O)c1nc3ccncc3s1)c2=O. The number of carbonyl (C=O) groups excluding carboxylic acids is 3. The lowest BCUT2D eigenvalue weighted by molar-refractivity contribution is -0.149. The molecule has 6 heterocycles. The van der Waals surface area contributed by atoms with E-state index in [0.29, 0.717) is 11.3 Å². The second kappa shape index (κ2) is 11.9. The van der Waals surface area contributed by atoms with E-state index in [9.17, 15) is 19.2 Å². The molecule has 14 nitrogen and oxygen atoms in total. The number of aromatic nitrogens is 5. The summed E-state index contributed by atoms with van der Waals surface area (Å²) >= 11 is 2.51. The van der Waals surface area contributed by atoms with Gasteiger partial charge in [0.1, 0.15) is 41.7 Å². The van der Waals surface area contributed by atoms with Gasteiger partial charge in [0.2, 0.25) is 0 Å². The second-order valence-electron chi connectivity index (χ2n) is 11.1. The third kappa shape index (κ3) is 6.38. The molecule has 5 aromatic heterocycles. The number of nitrogens with one attached hydrogen (secondary N) is 2. The number of anilines is 2. The summed E-state index contributed by atoms with van der Waals surface area (Å²) < 4.78 is 19.1. The number of nitrogens with zero attached hydrogens (tertiary/aromatic N) is 5. The first-order valence-electron chi connectivity index (χ1n) is 13.7. The predicted octanol–water partition coefficient (Wildman–Crippen LogP) is 4.83. The maximum absolute atomic E-state index is 13.5. The van der Waals surface area contributed by atoms with Crippen LogP contribution in [0.5, 0.6) is 0 Å². The number of carbonyl (C=O) groups is 3. The monoisotopic (exact) mass is 649 g/mol. The predicted molar refractivity (Wildman–Crippen MR) is 167 cm³/mol.